The van der Waals surface area contributed by atoms with Gasteiger partial charge in [-0.25, -0.2) is 0 Å². The van der Waals surface area contributed by atoms with Crippen LogP contribution in [0.2, 0.25) is 0 Å². The zero-order valence-electron chi connectivity index (χ0n) is 25.2. The van der Waals surface area contributed by atoms with Gasteiger partial charge in [-0.3, -0.25) is 4.90 Å². The van der Waals surface area contributed by atoms with Crippen molar-refractivity contribution in [1.82, 2.24) is 0 Å². The number of para-hydroxylation sites is 3. The van der Waals surface area contributed by atoms with E-state index >= 15 is 0 Å². The molecule has 0 bridgehead atoms. The number of benzene rings is 6. The van der Waals surface area contributed by atoms with Crippen molar-refractivity contribution in [2.24, 2.45) is 0 Å². The van der Waals surface area contributed by atoms with Crippen LogP contribution in [0.4, 0.5) is 34.3 Å². The van der Waals surface area contributed by atoms with E-state index in [1.54, 1.807) is 0 Å². The fourth-order valence-corrected chi connectivity index (χ4v) is 8.34. The highest BCUT2D eigenvalue weighted by Crippen LogP contribution is 2.53. The van der Waals surface area contributed by atoms with E-state index in [1.807, 2.05) is 0 Å². The van der Waals surface area contributed by atoms with E-state index in [-0.39, 0.29) is 12.1 Å². The van der Waals surface area contributed by atoms with Crippen LogP contribution in [0.25, 0.3) is 22.1 Å². The second-order valence-electron chi connectivity index (χ2n) is 12.9. The monoisotopic (exact) mass is 576 g/mol. The number of hydrogen-bond donors (Lipinski definition) is 0. The lowest BCUT2D eigenvalue weighted by atomic mass is 9.33. The van der Waals surface area contributed by atoms with Crippen LogP contribution in [0.1, 0.15) is 25.0 Å². The Hall–Kier alpha value is -5.48. The summed E-state index contributed by atoms with van der Waals surface area (Å²) >= 11 is 0. The molecular formula is C41H29BN2O. The molecule has 0 fully saturated rings. The van der Waals surface area contributed by atoms with Gasteiger partial charge in [-0.2, -0.15) is 0 Å². The highest BCUT2D eigenvalue weighted by Gasteiger charge is 2.47. The van der Waals surface area contributed by atoms with Crippen LogP contribution < -0.4 is 26.2 Å². The lowest BCUT2D eigenvalue weighted by molar-refractivity contribution is 0.621. The standard InChI is InChI=1S/C41H29BN2O/c1-41(2)30-19-10-9-18-28(30)36-31(41)25-24-29-37-40(45-39(29)36)44(27-16-7-4-8-17-27)35-23-13-22-34-38(35)42(37)32-20-11-12-21-33(32)43(34)26-14-5-3-6-15-26/h3-25H,1-2H3. The third kappa shape index (κ3) is 3.16. The molecule has 10 rings (SSSR count). The molecule has 0 atom stereocenters. The summed E-state index contributed by atoms with van der Waals surface area (Å²) in [6, 6.07) is 50.6. The molecule has 0 spiro atoms. The van der Waals surface area contributed by atoms with Gasteiger partial charge in [0.25, 0.3) is 6.71 Å². The van der Waals surface area contributed by atoms with E-state index < -0.39 is 0 Å². The van der Waals surface area contributed by atoms with Crippen LogP contribution in [0.5, 0.6) is 0 Å². The molecule has 0 saturated heterocycles. The van der Waals surface area contributed by atoms with Crippen LogP contribution in [0.15, 0.2) is 144 Å². The fourth-order valence-electron chi connectivity index (χ4n) is 8.34. The van der Waals surface area contributed by atoms with Gasteiger partial charge >= 0.3 is 0 Å². The maximum atomic E-state index is 7.24. The molecule has 0 N–H and O–H groups in total. The van der Waals surface area contributed by atoms with Gasteiger partial charge in [0.15, 0.2) is 0 Å². The zero-order valence-corrected chi connectivity index (χ0v) is 25.2. The molecule has 212 valence electrons. The first kappa shape index (κ1) is 24.9. The average Bonchev–Trinajstić information content (AvgIpc) is 3.58. The summed E-state index contributed by atoms with van der Waals surface area (Å²) in [6.45, 7) is 4.69. The number of anilines is 6. The summed E-state index contributed by atoms with van der Waals surface area (Å²) in [5, 5.41) is 1.19. The topological polar surface area (TPSA) is 19.6 Å². The van der Waals surface area contributed by atoms with Gasteiger partial charge in [-0.05, 0) is 70.1 Å². The second-order valence-corrected chi connectivity index (χ2v) is 12.9. The zero-order chi connectivity index (χ0) is 29.9. The predicted molar refractivity (Wildman–Crippen MR) is 188 cm³/mol. The first-order valence-corrected chi connectivity index (χ1v) is 15.7. The molecule has 0 amide bonds. The Morgan fingerprint density at radius 2 is 1.16 bits per heavy atom. The molecule has 0 unspecified atom stereocenters. The Labute approximate surface area is 263 Å². The van der Waals surface area contributed by atoms with Gasteiger partial charge in [-0.15, -0.1) is 0 Å². The smallest absolute Gasteiger partial charge is 0.257 e. The molecule has 1 aliphatic carbocycles. The van der Waals surface area contributed by atoms with Crippen molar-refractivity contribution < 1.29 is 4.42 Å². The molecule has 4 heteroatoms. The minimum absolute atomic E-state index is 0.0197. The maximum absolute atomic E-state index is 7.24. The van der Waals surface area contributed by atoms with Gasteiger partial charge in [0, 0.05) is 50.3 Å². The number of hydrogen-bond acceptors (Lipinski definition) is 3. The SMILES string of the molecule is CC1(C)c2ccccc2-c2c1ccc1c3c(oc21)N(c1ccccc1)c1cccc2c1B3c1ccccc1N2c1ccccc1. The van der Waals surface area contributed by atoms with Crippen LogP contribution in [-0.2, 0) is 5.41 Å². The van der Waals surface area contributed by atoms with Gasteiger partial charge in [0.05, 0.1) is 0 Å². The second kappa shape index (κ2) is 8.80. The Morgan fingerprint density at radius 3 is 1.93 bits per heavy atom. The van der Waals surface area contributed by atoms with E-state index in [2.05, 4.69) is 163 Å². The molecule has 45 heavy (non-hydrogen) atoms. The van der Waals surface area contributed by atoms with Crippen molar-refractivity contribution in [2.45, 2.75) is 19.3 Å². The molecule has 1 aromatic heterocycles. The van der Waals surface area contributed by atoms with Crippen molar-refractivity contribution >= 4 is 68.4 Å². The summed E-state index contributed by atoms with van der Waals surface area (Å²) in [7, 11) is 0. The fraction of sp³-hybridized carbons (Fsp3) is 0.0732. The van der Waals surface area contributed by atoms with Crippen molar-refractivity contribution in [1.29, 1.82) is 0 Å². The van der Waals surface area contributed by atoms with Crippen LogP contribution in [0, 0.1) is 0 Å². The molecule has 0 saturated carbocycles. The van der Waals surface area contributed by atoms with E-state index in [0.717, 1.165) is 28.5 Å². The van der Waals surface area contributed by atoms with Crippen LogP contribution in [-0.4, -0.2) is 6.71 Å². The Kier molecular flexibility index (Phi) is 4.87. The highest BCUT2D eigenvalue weighted by atomic mass is 16.4. The Balaban J connectivity index is 1.34. The first-order chi connectivity index (χ1) is 22.1. The van der Waals surface area contributed by atoms with Crippen LogP contribution in [0.3, 0.4) is 0 Å². The van der Waals surface area contributed by atoms with E-state index in [9.17, 15) is 0 Å². The normalized spacial score (nSPS) is 14.9. The molecule has 3 nitrogen and oxygen atoms in total. The van der Waals surface area contributed by atoms with Crippen LogP contribution >= 0.6 is 0 Å². The molecule has 2 aliphatic heterocycles. The van der Waals surface area contributed by atoms with Gasteiger partial charge in [0.2, 0.25) is 5.88 Å². The van der Waals surface area contributed by atoms with Gasteiger partial charge < -0.3 is 9.32 Å². The maximum Gasteiger partial charge on any atom is 0.257 e. The number of nitrogens with zero attached hydrogens (tertiary/aromatic N) is 2. The quantitative estimate of drug-likeness (QED) is 0.192. The Bertz CT molecular complexity index is 2320. The summed E-state index contributed by atoms with van der Waals surface area (Å²) in [6.07, 6.45) is 0. The predicted octanol–water partition coefficient (Wildman–Crippen LogP) is 8.82. The third-order valence-electron chi connectivity index (χ3n) is 10.3. The molecule has 3 heterocycles. The van der Waals surface area contributed by atoms with Crippen molar-refractivity contribution in [3.8, 4) is 11.1 Å². The molecular weight excluding hydrogens is 547 g/mol. The number of fused-ring (bicyclic) bond motifs is 10. The third-order valence-corrected chi connectivity index (χ3v) is 10.3. The molecule has 3 aliphatic rings. The van der Waals surface area contributed by atoms with E-state index in [0.29, 0.717) is 0 Å². The van der Waals surface area contributed by atoms with Crippen molar-refractivity contribution in [3.63, 3.8) is 0 Å². The van der Waals surface area contributed by atoms with Crippen molar-refractivity contribution in [2.75, 3.05) is 9.80 Å². The minimum Gasteiger partial charge on any atom is -0.440 e. The molecule has 0 radical (unpaired) electrons. The lowest BCUT2D eigenvalue weighted by Gasteiger charge is -2.42. The summed E-state index contributed by atoms with van der Waals surface area (Å²) < 4.78 is 7.24. The van der Waals surface area contributed by atoms with E-state index in [4.69, 9.17) is 4.42 Å². The van der Waals surface area contributed by atoms with E-state index in [1.165, 1.54) is 55.4 Å². The minimum atomic E-state index is -0.101. The average molecular weight is 577 g/mol. The summed E-state index contributed by atoms with van der Waals surface area (Å²) in [5.74, 6) is 0.907. The molecule has 7 aromatic rings. The molecule has 6 aromatic carbocycles. The van der Waals surface area contributed by atoms with Crippen molar-refractivity contribution in [3.05, 3.63) is 151 Å². The number of furan rings is 1. The van der Waals surface area contributed by atoms with Gasteiger partial charge in [-0.1, -0.05) is 111 Å². The summed E-state index contributed by atoms with van der Waals surface area (Å²) in [4.78, 5) is 4.78. The lowest BCUT2D eigenvalue weighted by Crippen LogP contribution is -2.61. The summed E-state index contributed by atoms with van der Waals surface area (Å²) in [5.41, 5.74) is 15.7. The largest absolute Gasteiger partial charge is 0.440 e. The first-order valence-electron chi connectivity index (χ1n) is 15.7. The number of rotatable bonds is 2. The Morgan fingerprint density at radius 1 is 0.533 bits per heavy atom. The highest BCUT2D eigenvalue weighted by molar-refractivity contribution is 7.01. The van der Waals surface area contributed by atoms with Gasteiger partial charge in [0.1, 0.15) is 5.58 Å².